The number of benzene rings is 2. The van der Waals surface area contributed by atoms with Gasteiger partial charge in [0.2, 0.25) is 15.9 Å². The van der Waals surface area contributed by atoms with Crippen LogP contribution in [0.15, 0.2) is 35.2 Å². The fourth-order valence-corrected chi connectivity index (χ4v) is 6.00. The number of anilines is 2. The molecular formula is C22H24ClN3O6S. The number of fused-ring (bicyclic) bond motifs is 1. The Morgan fingerprint density at radius 3 is 2.82 bits per heavy atom. The molecule has 0 spiro atoms. The number of nitrogens with one attached hydrogen (secondary N) is 2. The largest absolute Gasteiger partial charge is 0.495 e. The SMILES string of the molecule is COc1ccc(NC(=O)[C@@H]2CCCN(S(=O)(=O)c3cc4c(cc3C)NC(=O)CO4)C2)cc1Cl. The van der Waals surface area contributed by atoms with Crippen LogP contribution >= 0.6 is 11.6 Å². The number of aryl methyl sites for hydroxylation is 1. The van der Waals surface area contributed by atoms with Gasteiger partial charge in [-0.2, -0.15) is 4.31 Å². The second kappa shape index (κ2) is 9.20. The molecule has 33 heavy (non-hydrogen) atoms. The van der Waals surface area contributed by atoms with Crippen LogP contribution < -0.4 is 20.1 Å². The molecule has 1 atom stereocenters. The number of ether oxygens (including phenoxy) is 2. The summed E-state index contributed by atoms with van der Waals surface area (Å²) in [4.78, 5) is 24.5. The van der Waals surface area contributed by atoms with Gasteiger partial charge in [-0.05, 0) is 49.6 Å². The first-order chi connectivity index (χ1) is 15.7. The van der Waals surface area contributed by atoms with Crippen molar-refractivity contribution in [1.82, 2.24) is 4.31 Å². The molecule has 0 saturated carbocycles. The molecule has 2 aromatic rings. The van der Waals surface area contributed by atoms with E-state index in [1.54, 1.807) is 31.2 Å². The van der Waals surface area contributed by atoms with Crippen molar-refractivity contribution in [2.75, 3.05) is 37.4 Å². The maximum absolute atomic E-state index is 13.4. The van der Waals surface area contributed by atoms with Crippen LogP contribution in [-0.2, 0) is 19.6 Å². The minimum absolute atomic E-state index is 0.0617. The number of methoxy groups -OCH3 is 1. The number of halogens is 1. The van der Waals surface area contributed by atoms with E-state index in [1.165, 1.54) is 17.5 Å². The zero-order valence-electron chi connectivity index (χ0n) is 18.2. The van der Waals surface area contributed by atoms with Gasteiger partial charge in [0.05, 0.1) is 28.6 Å². The van der Waals surface area contributed by atoms with E-state index in [9.17, 15) is 18.0 Å². The monoisotopic (exact) mass is 493 g/mol. The number of hydrogen-bond donors (Lipinski definition) is 2. The van der Waals surface area contributed by atoms with Crippen LogP contribution in [0.3, 0.4) is 0 Å². The third-order valence-corrected chi connectivity index (χ3v) is 8.00. The highest BCUT2D eigenvalue weighted by Crippen LogP contribution is 2.35. The fraction of sp³-hybridized carbons (Fsp3) is 0.364. The second-order valence-electron chi connectivity index (χ2n) is 7.99. The minimum atomic E-state index is -3.87. The summed E-state index contributed by atoms with van der Waals surface area (Å²) < 4.78 is 38.7. The standard InChI is InChI=1S/C22H24ClN3O6S/c1-13-8-17-19(32-12-21(27)25-17)10-20(13)33(29,30)26-7-3-4-14(11-26)22(28)24-15-5-6-18(31-2)16(23)9-15/h5-6,8-10,14H,3-4,7,11-12H2,1-2H3,(H,24,28)(H,25,27)/t14-/m1/s1. The lowest BCUT2D eigenvalue weighted by Gasteiger charge is -2.32. The molecule has 2 aliphatic rings. The van der Waals surface area contributed by atoms with E-state index in [0.29, 0.717) is 52.8 Å². The number of hydrogen-bond acceptors (Lipinski definition) is 6. The van der Waals surface area contributed by atoms with Crippen molar-refractivity contribution in [3.63, 3.8) is 0 Å². The van der Waals surface area contributed by atoms with Crippen LogP contribution in [0, 0.1) is 12.8 Å². The lowest BCUT2D eigenvalue weighted by Crippen LogP contribution is -2.43. The summed E-state index contributed by atoms with van der Waals surface area (Å²) >= 11 is 6.13. The van der Waals surface area contributed by atoms with Gasteiger partial charge in [0.15, 0.2) is 6.61 Å². The van der Waals surface area contributed by atoms with Gasteiger partial charge in [-0.1, -0.05) is 11.6 Å². The van der Waals surface area contributed by atoms with Gasteiger partial charge in [0.1, 0.15) is 11.5 Å². The van der Waals surface area contributed by atoms with E-state index in [2.05, 4.69) is 10.6 Å². The molecule has 2 aliphatic heterocycles. The molecule has 2 aromatic carbocycles. The summed E-state index contributed by atoms with van der Waals surface area (Å²) in [5, 5.41) is 5.85. The molecule has 0 unspecified atom stereocenters. The average Bonchev–Trinajstić information content (AvgIpc) is 2.78. The lowest BCUT2D eigenvalue weighted by atomic mass is 9.98. The Bertz CT molecular complexity index is 1220. The number of carbonyl (C=O) groups excluding carboxylic acids is 2. The molecular weight excluding hydrogens is 470 g/mol. The first-order valence-corrected chi connectivity index (χ1v) is 12.2. The third kappa shape index (κ3) is 4.78. The Morgan fingerprint density at radius 2 is 2.09 bits per heavy atom. The van der Waals surface area contributed by atoms with Crippen molar-refractivity contribution < 1.29 is 27.5 Å². The van der Waals surface area contributed by atoms with Crippen LogP contribution in [0.4, 0.5) is 11.4 Å². The van der Waals surface area contributed by atoms with Crippen molar-refractivity contribution in [2.24, 2.45) is 5.92 Å². The molecule has 0 aliphatic carbocycles. The van der Waals surface area contributed by atoms with E-state index in [1.807, 2.05) is 0 Å². The van der Waals surface area contributed by atoms with Crippen LogP contribution in [0.2, 0.25) is 5.02 Å². The number of piperidine rings is 1. The highest BCUT2D eigenvalue weighted by molar-refractivity contribution is 7.89. The summed E-state index contributed by atoms with van der Waals surface area (Å²) in [6.45, 7) is 1.87. The van der Waals surface area contributed by atoms with Crippen molar-refractivity contribution >= 4 is 44.8 Å². The van der Waals surface area contributed by atoms with E-state index in [4.69, 9.17) is 21.1 Å². The summed E-state index contributed by atoms with van der Waals surface area (Å²) in [6, 6.07) is 7.93. The van der Waals surface area contributed by atoms with Crippen LogP contribution in [-0.4, -0.2) is 51.3 Å². The smallest absolute Gasteiger partial charge is 0.262 e. The Morgan fingerprint density at radius 1 is 1.30 bits per heavy atom. The van der Waals surface area contributed by atoms with E-state index in [0.717, 1.165) is 0 Å². The van der Waals surface area contributed by atoms with Crippen LogP contribution in [0.25, 0.3) is 0 Å². The Balaban J connectivity index is 1.51. The maximum Gasteiger partial charge on any atom is 0.262 e. The highest BCUT2D eigenvalue weighted by atomic mass is 35.5. The number of nitrogens with zero attached hydrogens (tertiary/aromatic N) is 1. The van der Waals surface area contributed by atoms with Crippen LogP contribution in [0.5, 0.6) is 11.5 Å². The Kier molecular flexibility index (Phi) is 6.51. The van der Waals surface area contributed by atoms with Gasteiger partial charge in [-0.3, -0.25) is 9.59 Å². The number of sulfonamides is 1. The zero-order chi connectivity index (χ0) is 23.8. The molecule has 2 amide bonds. The number of rotatable bonds is 5. The second-order valence-corrected chi connectivity index (χ2v) is 10.3. The molecule has 0 radical (unpaired) electrons. The average molecular weight is 494 g/mol. The molecule has 1 fully saturated rings. The van der Waals surface area contributed by atoms with Crippen molar-refractivity contribution in [2.45, 2.75) is 24.7 Å². The molecule has 0 aromatic heterocycles. The molecule has 4 rings (SSSR count). The first-order valence-electron chi connectivity index (χ1n) is 10.4. The molecule has 9 nitrogen and oxygen atoms in total. The van der Waals surface area contributed by atoms with Gasteiger partial charge >= 0.3 is 0 Å². The normalized spacial score (nSPS) is 18.6. The molecule has 176 valence electrons. The summed E-state index contributed by atoms with van der Waals surface area (Å²) in [7, 11) is -2.37. The minimum Gasteiger partial charge on any atom is -0.495 e. The topological polar surface area (TPSA) is 114 Å². The van der Waals surface area contributed by atoms with Gasteiger partial charge in [-0.25, -0.2) is 8.42 Å². The summed E-state index contributed by atoms with van der Waals surface area (Å²) in [5.74, 6) is -0.275. The predicted molar refractivity (Wildman–Crippen MR) is 123 cm³/mol. The zero-order valence-corrected chi connectivity index (χ0v) is 19.8. The Labute approximate surface area is 197 Å². The van der Waals surface area contributed by atoms with Crippen LogP contribution in [0.1, 0.15) is 18.4 Å². The number of carbonyl (C=O) groups is 2. The van der Waals surface area contributed by atoms with Crippen molar-refractivity contribution in [3.05, 3.63) is 40.9 Å². The summed E-state index contributed by atoms with van der Waals surface area (Å²) in [6.07, 6.45) is 1.12. The highest BCUT2D eigenvalue weighted by Gasteiger charge is 2.35. The molecule has 0 bridgehead atoms. The van der Waals surface area contributed by atoms with Gasteiger partial charge in [0.25, 0.3) is 5.91 Å². The molecule has 1 saturated heterocycles. The maximum atomic E-state index is 13.4. The lowest BCUT2D eigenvalue weighted by molar-refractivity contribution is -0.121. The fourth-order valence-electron chi connectivity index (χ4n) is 4.00. The predicted octanol–water partition coefficient (Wildman–Crippen LogP) is 3.03. The first kappa shape index (κ1) is 23.3. The Hall–Kier alpha value is -2.82. The summed E-state index contributed by atoms with van der Waals surface area (Å²) in [5.41, 5.74) is 1.44. The van der Waals surface area contributed by atoms with E-state index >= 15 is 0 Å². The van der Waals surface area contributed by atoms with Crippen molar-refractivity contribution in [1.29, 1.82) is 0 Å². The molecule has 2 heterocycles. The van der Waals surface area contributed by atoms with Crippen molar-refractivity contribution in [3.8, 4) is 11.5 Å². The van der Waals surface area contributed by atoms with E-state index in [-0.39, 0.29) is 29.9 Å². The third-order valence-electron chi connectivity index (χ3n) is 5.70. The molecule has 11 heteroatoms. The quantitative estimate of drug-likeness (QED) is 0.661. The molecule has 2 N–H and O–H groups in total. The van der Waals surface area contributed by atoms with E-state index < -0.39 is 15.9 Å². The van der Waals surface area contributed by atoms with Gasteiger partial charge in [-0.15, -0.1) is 0 Å². The van der Waals surface area contributed by atoms with Gasteiger partial charge < -0.3 is 20.1 Å². The van der Waals surface area contributed by atoms with Gasteiger partial charge in [0, 0.05) is 24.8 Å². The number of amides is 2.